The van der Waals surface area contributed by atoms with E-state index in [0.717, 1.165) is 12.5 Å². The van der Waals surface area contributed by atoms with E-state index < -0.39 is 9.85 Å². The van der Waals surface area contributed by atoms with Gasteiger partial charge in [-0.15, -0.1) is 0 Å². The van der Waals surface area contributed by atoms with Crippen molar-refractivity contribution in [2.45, 2.75) is 38.8 Å². The van der Waals surface area contributed by atoms with E-state index in [1.54, 1.807) is 5.01 Å². The zero-order valence-corrected chi connectivity index (χ0v) is 13.7. The lowest BCUT2D eigenvalue weighted by Gasteiger charge is -2.44. The molecule has 0 amide bonds. The molecular weight excluding hydrogens is 322 g/mol. The third-order valence-electron chi connectivity index (χ3n) is 3.54. The van der Waals surface area contributed by atoms with Gasteiger partial charge in [0.1, 0.15) is 5.69 Å². The normalized spacial score (nSPS) is 19.9. The van der Waals surface area contributed by atoms with Gasteiger partial charge in [0.05, 0.1) is 22.0 Å². The monoisotopic (exact) mass is 339 g/mol. The maximum Gasteiger partial charge on any atom is 0.300 e. The number of hydrazine groups is 1. The first kappa shape index (κ1) is 16.9. The van der Waals surface area contributed by atoms with Crippen molar-refractivity contribution >= 4 is 34.4 Å². The Kier molecular flexibility index (Phi) is 4.37. The average Bonchev–Trinajstić information content (AvgIpc) is 2.41. The van der Waals surface area contributed by atoms with Crippen molar-refractivity contribution in [2.75, 3.05) is 5.43 Å². The highest BCUT2D eigenvalue weighted by Gasteiger charge is 2.34. The molecule has 1 unspecified atom stereocenters. The maximum atomic E-state index is 11.2. The SMILES string of the molecule is CC1CC(C)(C)NC(=S)N1Nc1ccc([N+](=O)[O-])cc1[N+](=O)[O-]. The number of nitro groups is 2. The molecule has 1 atom stereocenters. The van der Waals surface area contributed by atoms with Crippen molar-refractivity contribution in [1.82, 2.24) is 10.3 Å². The number of anilines is 1. The summed E-state index contributed by atoms with van der Waals surface area (Å²) in [5, 5.41) is 27.1. The molecule has 0 bridgehead atoms. The molecule has 1 aromatic rings. The second-order valence-electron chi connectivity index (χ2n) is 6.06. The van der Waals surface area contributed by atoms with Crippen LogP contribution in [0, 0.1) is 20.2 Å². The Hall–Kier alpha value is -2.49. The average molecular weight is 339 g/mol. The fraction of sp³-hybridized carbons (Fsp3) is 0.462. The van der Waals surface area contributed by atoms with Crippen LogP contribution in [0.5, 0.6) is 0 Å². The Labute approximate surface area is 137 Å². The number of hydrogen-bond donors (Lipinski definition) is 2. The quantitative estimate of drug-likeness (QED) is 0.489. The molecule has 0 aliphatic carbocycles. The number of rotatable bonds is 4. The molecule has 1 aliphatic rings. The van der Waals surface area contributed by atoms with Crippen LogP contribution in [-0.4, -0.2) is 31.5 Å². The van der Waals surface area contributed by atoms with E-state index in [2.05, 4.69) is 10.7 Å². The van der Waals surface area contributed by atoms with E-state index in [4.69, 9.17) is 12.2 Å². The summed E-state index contributed by atoms with van der Waals surface area (Å²) in [5.74, 6) is 0. The summed E-state index contributed by atoms with van der Waals surface area (Å²) in [6.45, 7) is 5.97. The van der Waals surface area contributed by atoms with Gasteiger partial charge in [-0.3, -0.25) is 30.7 Å². The molecule has 2 N–H and O–H groups in total. The third kappa shape index (κ3) is 3.65. The molecule has 9 nitrogen and oxygen atoms in total. The minimum absolute atomic E-state index is 0.00598. The van der Waals surface area contributed by atoms with Crippen molar-refractivity contribution in [1.29, 1.82) is 0 Å². The summed E-state index contributed by atoms with van der Waals surface area (Å²) in [4.78, 5) is 20.6. The number of non-ortho nitro benzene ring substituents is 1. The van der Waals surface area contributed by atoms with Gasteiger partial charge in [-0.25, -0.2) is 0 Å². The minimum atomic E-state index is -0.672. The molecule has 0 radical (unpaired) electrons. The van der Waals surface area contributed by atoms with E-state index in [-0.39, 0.29) is 28.6 Å². The molecule has 0 saturated carbocycles. The Morgan fingerprint density at radius 1 is 1.35 bits per heavy atom. The van der Waals surface area contributed by atoms with Gasteiger partial charge >= 0.3 is 5.69 Å². The third-order valence-corrected chi connectivity index (χ3v) is 3.84. The molecule has 1 fully saturated rings. The highest BCUT2D eigenvalue weighted by molar-refractivity contribution is 7.80. The van der Waals surface area contributed by atoms with E-state index in [1.807, 2.05) is 20.8 Å². The van der Waals surface area contributed by atoms with Gasteiger partial charge < -0.3 is 5.32 Å². The zero-order valence-electron chi connectivity index (χ0n) is 12.9. The lowest BCUT2D eigenvalue weighted by molar-refractivity contribution is -0.393. The van der Waals surface area contributed by atoms with Crippen LogP contribution in [0.1, 0.15) is 27.2 Å². The summed E-state index contributed by atoms with van der Waals surface area (Å²) in [6.07, 6.45) is 0.765. The van der Waals surface area contributed by atoms with Crippen LogP contribution in [-0.2, 0) is 0 Å². The molecule has 1 aliphatic heterocycles. The van der Waals surface area contributed by atoms with Crippen molar-refractivity contribution < 1.29 is 9.85 Å². The lowest BCUT2D eigenvalue weighted by atomic mass is 9.94. The first-order valence-electron chi connectivity index (χ1n) is 6.91. The predicted octanol–water partition coefficient (Wildman–Crippen LogP) is 2.58. The molecule has 0 spiro atoms. The molecular formula is C13H17N5O4S. The second-order valence-corrected chi connectivity index (χ2v) is 6.45. The number of nitrogens with zero attached hydrogens (tertiary/aromatic N) is 3. The highest BCUT2D eigenvalue weighted by Crippen LogP contribution is 2.31. The van der Waals surface area contributed by atoms with Gasteiger partial charge in [-0.2, -0.15) is 0 Å². The molecule has 1 saturated heterocycles. The Morgan fingerprint density at radius 3 is 2.52 bits per heavy atom. The van der Waals surface area contributed by atoms with E-state index in [9.17, 15) is 20.2 Å². The van der Waals surface area contributed by atoms with Gasteiger partial charge in [0, 0.05) is 11.6 Å². The number of thiocarbonyl (C=S) groups is 1. The van der Waals surface area contributed by atoms with Crippen LogP contribution in [0.2, 0.25) is 0 Å². The molecule has 0 aromatic heterocycles. The first-order chi connectivity index (χ1) is 10.6. The number of hydrogen-bond acceptors (Lipinski definition) is 6. The lowest BCUT2D eigenvalue weighted by Crippen LogP contribution is -2.61. The van der Waals surface area contributed by atoms with E-state index >= 15 is 0 Å². The molecule has 124 valence electrons. The van der Waals surface area contributed by atoms with Crippen molar-refractivity contribution in [2.24, 2.45) is 0 Å². The van der Waals surface area contributed by atoms with E-state index in [1.165, 1.54) is 12.1 Å². The summed E-state index contributed by atoms with van der Waals surface area (Å²) in [5.41, 5.74) is 2.17. The minimum Gasteiger partial charge on any atom is -0.356 e. The fourth-order valence-corrected chi connectivity index (χ4v) is 3.10. The molecule has 23 heavy (non-hydrogen) atoms. The molecule has 10 heteroatoms. The first-order valence-corrected chi connectivity index (χ1v) is 7.32. The van der Waals surface area contributed by atoms with E-state index in [0.29, 0.717) is 5.11 Å². The largest absolute Gasteiger partial charge is 0.356 e. The number of nitrogens with one attached hydrogen (secondary N) is 2. The molecule has 2 rings (SSSR count). The summed E-state index contributed by atoms with van der Waals surface area (Å²) < 4.78 is 0. The van der Waals surface area contributed by atoms with Crippen molar-refractivity contribution in [3.05, 3.63) is 38.4 Å². The van der Waals surface area contributed by atoms with Crippen LogP contribution in [0.4, 0.5) is 17.1 Å². The smallest absolute Gasteiger partial charge is 0.300 e. The van der Waals surface area contributed by atoms with Crippen molar-refractivity contribution in [3.63, 3.8) is 0 Å². The summed E-state index contributed by atoms with van der Waals surface area (Å²) >= 11 is 5.30. The predicted molar refractivity (Wildman–Crippen MR) is 89.1 cm³/mol. The Morgan fingerprint density at radius 2 is 2.00 bits per heavy atom. The maximum absolute atomic E-state index is 11.2. The van der Waals surface area contributed by atoms with Crippen LogP contribution >= 0.6 is 12.2 Å². The van der Waals surface area contributed by atoms with Gasteiger partial charge in [-0.05, 0) is 45.5 Å². The fourth-order valence-electron chi connectivity index (χ4n) is 2.60. The summed E-state index contributed by atoms with van der Waals surface area (Å²) in [7, 11) is 0. The van der Waals surface area contributed by atoms with Crippen LogP contribution in [0.3, 0.4) is 0 Å². The van der Waals surface area contributed by atoms with Crippen LogP contribution in [0.15, 0.2) is 18.2 Å². The Bertz CT molecular complexity index is 678. The van der Waals surface area contributed by atoms with Gasteiger partial charge in [0.25, 0.3) is 5.69 Å². The van der Waals surface area contributed by atoms with Crippen molar-refractivity contribution in [3.8, 4) is 0 Å². The van der Waals surface area contributed by atoms with Gasteiger partial charge in [0.2, 0.25) is 0 Å². The van der Waals surface area contributed by atoms with Crippen LogP contribution < -0.4 is 10.7 Å². The van der Waals surface area contributed by atoms with Gasteiger partial charge in [0.15, 0.2) is 5.11 Å². The molecule has 1 aromatic carbocycles. The van der Waals surface area contributed by atoms with Crippen LogP contribution in [0.25, 0.3) is 0 Å². The molecule has 1 heterocycles. The number of nitro benzene ring substituents is 2. The standard InChI is InChI=1S/C13H17N5O4S/c1-8-7-13(2,3)14-12(23)16(8)15-10-5-4-9(17(19)20)6-11(10)18(21)22/h4-6,8,15H,7H2,1-3H3,(H,14,23). The summed E-state index contributed by atoms with van der Waals surface area (Å²) in [6, 6.07) is 3.45. The topological polar surface area (TPSA) is 114 Å². The van der Waals surface area contributed by atoms with Gasteiger partial charge in [-0.1, -0.05) is 0 Å². The zero-order chi connectivity index (χ0) is 17.4. The highest BCUT2D eigenvalue weighted by atomic mass is 32.1. The second kappa shape index (κ2) is 5.95. The Balaban J connectivity index is 2.31. The number of benzene rings is 1.